The van der Waals surface area contributed by atoms with Gasteiger partial charge in [0.25, 0.3) is 0 Å². The Morgan fingerprint density at radius 1 is 1.19 bits per heavy atom. The molecule has 0 radical (unpaired) electrons. The molecule has 5 nitrogen and oxygen atoms in total. The molecule has 1 N–H and O–H groups in total. The number of fused-ring (bicyclic) bond motifs is 1. The Balaban J connectivity index is 1.52. The van der Waals surface area contributed by atoms with E-state index in [2.05, 4.69) is 10.3 Å². The van der Waals surface area contributed by atoms with Crippen LogP contribution in [0.3, 0.4) is 0 Å². The van der Waals surface area contributed by atoms with Gasteiger partial charge in [0, 0.05) is 10.8 Å². The van der Waals surface area contributed by atoms with E-state index in [0.717, 1.165) is 10.9 Å². The molecule has 6 heteroatoms. The second-order valence-electron chi connectivity index (χ2n) is 5.74. The zero-order valence-electron chi connectivity index (χ0n) is 14.1. The van der Waals surface area contributed by atoms with Crippen LogP contribution in [0.2, 0.25) is 0 Å². The van der Waals surface area contributed by atoms with Gasteiger partial charge in [0.1, 0.15) is 5.69 Å². The number of methoxy groups -OCH3 is 1. The topological polar surface area (TPSA) is 64.4 Å². The molecular weight excluding hydrogens is 348 g/mol. The van der Waals surface area contributed by atoms with Gasteiger partial charge in [0.15, 0.2) is 22.2 Å². The Kier molecular flexibility index (Phi) is 4.41. The summed E-state index contributed by atoms with van der Waals surface area (Å²) >= 11 is 1.37. The van der Waals surface area contributed by atoms with E-state index in [1.165, 1.54) is 11.3 Å². The summed E-state index contributed by atoms with van der Waals surface area (Å²) in [7, 11) is 1.61. The Labute approximate surface area is 154 Å². The summed E-state index contributed by atoms with van der Waals surface area (Å²) in [5.41, 5.74) is 2.34. The van der Waals surface area contributed by atoms with Crippen LogP contribution in [0.15, 0.2) is 64.4 Å². The molecule has 4 aromatic rings. The van der Waals surface area contributed by atoms with Gasteiger partial charge in [-0.1, -0.05) is 42.5 Å². The maximum Gasteiger partial charge on any atom is 0.230 e. The van der Waals surface area contributed by atoms with Crippen LogP contribution in [0, 0.1) is 0 Å². The largest absolute Gasteiger partial charge is 0.493 e. The smallest absolute Gasteiger partial charge is 0.230 e. The third kappa shape index (κ3) is 3.32. The first-order valence-corrected chi connectivity index (χ1v) is 8.97. The highest BCUT2D eigenvalue weighted by atomic mass is 32.1. The highest BCUT2D eigenvalue weighted by Crippen LogP contribution is 2.34. The molecular formula is C20H16N2O3S. The number of hydrogen-bond acceptors (Lipinski definition) is 5. The summed E-state index contributed by atoms with van der Waals surface area (Å²) < 4.78 is 11.2. The minimum absolute atomic E-state index is 0.0941. The second kappa shape index (κ2) is 7.01. The predicted octanol–water partition coefficient (Wildman–Crippen LogP) is 4.75. The number of amides is 1. The van der Waals surface area contributed by atoms with Crippen molar-refractivity contribution >= 4 is 33.3 Å². The maximum atomic E-state index is 12.2. The molecule has 0 aliphatic carbocycles. The number of furan rings is 1. The van der Waals surface area contributed by atoms with Gasteiger partial charge in [-0.05, 0) is 17.7 Å². The van der Waals surface area contributed by atoms with Gasteiger partial charge in [-0.3, -0.25) is 4.79 Å². The van der Waals surface area contributed by atoms with E-state index in [0.29, 0.717) is 34.3 Å². The van der Waals surface area contributed by atoms with Gasteiger partial charge in [-0.15, -0.1) is 11.3 Å². The Morgan fingerprint density at radius 2 is 2.04 bits per heavy atom. The van der Waals surface area contributed by atoms with Gasteiger partial charge >= 0.3 is 0 Å². The number of anilines is 1. The molecule has 130 valence electrons. The van der Waals surface area contributed by atoms with E-state index in [1.54, 1.807) is 7.11 Å². The van der Waals surface area contributed by atoms with Crippen LogP contribution in [0.4, 0.5) is 5.13 Å². The van der Waals surface area contributed by atoms with Crippen LogP contribution in [-0.2, 0) is 11.2 Å². The van der Waals surface area contributed by atoms with E-state index < -0.39 is 0 Å². The van der Waals surface area contributed by atoms with E-state index in [9.17, 15) is 4.79 Å². The lowest BCUT2D eigenvalue weighted by Crippen LogP contribution is -2.14. The number of carbonyl (C=O) groups excluding carboxylic acids is 1. The summed E-state index contributed by atoms with van der Waals surface area (Å²) in [5.74, 6) is 1.23. The fourth-order valence-electron chi connectivity index (χ4n) is 2.71. The highest BCUT2D eigenvalue weighted by Gasteiger charge is 2.14. The number of thiazole rings is 1. The highest BCUT2D eigenvalue weighted by molar-refractivity contribution is 7.14. The summed E-state index contributed by atoms with van der Waals surface area (Å²) in [6.45, 7) is 0. The molecule has 0 unspecified atom stereocenters. The fraction of sp³-hybridized carbons (Fsp3) is 0.100. The van der Waals surface area contributed by atoms with E-state index in [4.69, 9.17) is 9.15 Å². The molecule has 0 bridgehead atoms. The molecule has 0 fully saturated rings. The summed E-state index contributed by atoms with van der Waals surface area (Å²) in [4.78, 5) is 16.6. The van der Waals surface area contributed by atoms with Crippen LogP contribution in [0.5, 0.6) is 5.75 Å². The Morgan fingerprint density at radius 3 is 2.85 bits per heavy atom. The molecule has 0 aliphatic rings. The number of nitrogens with one attached hydrogen (secondary N) is 1. The lowest BCUT2D eigenvalue weighted by molar-refractivity contribution is -0.115. The average Bonchev–Trinajstić information content (AvgIpc) is 3.28. The molecule has 2 aromatic carbocycles. The number of para-hydroxylation sites is 1. The molecule has 0 spiro atoms. The quantitative estimate of drug-likeness (QED) is 0.555. The summed E-state index contributed by atoms with van der Waals surface area (Å²) in [6, 6.07) is 17.3. The van der Waals surface area contributed by atoms with Crippen molar-refractivity contribution in [2.75, 3.05) is 12.4 Å². The maximum absolute atomic E-state index is 12.2. The van der Waals surface area contributed by atoms with Crippen molar-refractivity contribution < 1.29 is 13.9 Å². The summed E-state index contributed by atoms with van der Waals surface area (Å²) in [6.07, 6.45) is 0.317. The van der Waals surface area contributed by atoms with Crippen LogP contribution in [0.25, 0.3) is 22.4 Å². The third-order valence-electron chi connectivity index (χ3n) is 3.94. The number of nitrogens with zero attached hydrogens (tertiary/aromatic N) is 1. The van der Waals surface area contributed by atoms with Crippen LogP contribution >= 0.6 is 11.3 Å². The average molecular weight is 364 g/mol. The molecule has 2 heterocycles. The number of rotatable bonds is 5. The fourth-order valence-corrected chi connectivity index (χ4v) is 3.43. The first-order chi connectivity index (χ1) is 12.7. The van der Waals surface area contributed by atoms with Crippen LogP contribution < -0.4 is 10.1 Å². The first kappa shape index (κ1) is 16.4. The molecule has 1 amide bonds. The van der Waals surface area contributed by atoms with Crippen LogP contribution in [-0.4, -0.2) is 18.0 Å². The second-order valence-corrected chi connectivity index (χ2v) is 6.60. The lowest BCUT2D eigenvalue weighted by Gasteiger charge is -2.01. The van der Waals surface area contributed by atoms with Gasteiger partial charge in [0.2, 0.25) is 5.91 Å². The zero-order chi connectivity index (χ0) is 17.9. The Hall–Kier alpha value is -3.12. The molecule has 26 heavy (non-hydrogen) atoms. The van der Waals surface area contributed by atoms with E-state index in [1.807, 2.05) is 60.0 Å². The minimum atomic E-state index is -0.0941. The zero-order valence-corrected chi connectivity index (χ0v) is 14.9. The standard InChI is InChI=1S/C20H16N2O3S/c1-24-16-9-5-8-14-11-17(25-19(14)16)15-12-26-20(21-15)22-18(23)10-13-6-3-2-4-7-13/h2-9,11-12H,10H2,1H3,(H,21,22,23). The predicted molar refractivity (Wildman–Crippen MR) is 103 cm³/mol. The monoisotopic (exact) mass is 364 g/mol. The van der Waals surface area contributed by atoms with Crippen molar-refractivity contribution in [1.29, 1.82) is 0 Å². The van der Waals surface area contributed by atoms with Gasteiger partial charge in [-0.2, -0.15) is 0 Å². The van der Waals surface area contributed by atoms with E-state index >= 15 is 0 Å². The summed E-state index contributed by atoms with van der Waals surface area (Å²) in [5, 5.41) is 6.20. The van der Waals surface area contributed by atoms with E-state index in [-0.39, 0.29) is 5.91 Å². The molecule has 0 saturated heterocycles. The van der Waals surface area contributed by atoms with Crippen molar-refractivity contribution in [3.63, 3.8) is 0 Å². The minimum Gasteiger partial charge on any atom is -0.493 e. The van der Waals surface area contributed by atoms with Gasteiger partial charge in [0.05, 0.1) is 13.5 Å². The molecule has 4 rings (SSSR count). The van der Waals surface area contributed by atoms with Crippen molar-refractivity contribution in [3.8, 4) is 17.2 Å². The van der Waals surface area contributed by atoms with Crippen molar-refractivity contribution in [2.45, 2.75) is 6.42 Å². The first-order valence-electron chi connectivity index (χ1n) is 8.09. The number of benzene rings is 2. The number of ether oxygens (including phenoxy) is 1. The van der Waals surface area contributed by atoms with Gasteiger partial charge in [-0.25, -0.2) is 4.98 Å². The van der Waals surface area contributed by atoms with Crippen LogP contribution in [0.1, 0.15) is 5.56 Å². The lowest BCUT2D eigenvalue weighted by atomic mass is 10.1. The Bertz CT molecular complexity index is 1050. The number of aromatic nitrogens is 1. The third-order valence-corrected chi connectivity index (χ3v) is 4.70. The number of hydrogen-bond donors (Lipinski definition) is 1. The molecule has 0 aliphatic heterocycles. The van der Waals surface area contributed by atoms with Crippen molar-refractivity contribution in [1.82, 2.24) is 4.98 Å². The van der Waals surface area contributed by atoms with Crippen molar-refractivity contribution in [3.05, 3.63) is 65.5 Å². The van der Waals surface area contributed by atoms with Gasteiger partial charge < -0.3 is 14.5 Å². The SMILES string of the molecule is COc1cccc2cc(-c3csc(NC(=O)Cc4ccccc4)n3)oc12. The number of carbonyl (C=O) groups is 1. The normalized spacial score (nSPS) is 10.8. The molecule has 0 atom stereocenters. The van der Waals surface area contributed by atoms with Crippen molar-refractivity contribution in [2.24, 2.45) is 0 Å². The molecule has 0 saturated carbocycles. The molecule has 2 aromatic heterocycles.